The van der Waals surface area contributed by atoms with E-state index in [0.29, 0.717) is 34.0 Å². The molecule has 5 rings (SSSR count). The topological polar surface area (TPSA) is 94.0 Å². The molecule has 0 aliphatic heterocycles. The van der Waals surface area contributed by atoms with Gasteiger partial charge >= 0.3 is 0 Å². The zero-order valence-corrected chi connectivity index (χ0v) is 19.1. The minimum atomic E-state index is -0.307. The number of para-hydroxylation sites is 1. The van der Waals surface area contributed by atoms with E-state index in [-0.39, 0.29) is 28.8 Å². The second-order valence-electron chi connectivity index (χ2n) is 7.69. The lowest BCUT2D eigenvalue weighted by Crippen LogP contribution is -2.24. The van der Waals surface area contributed by atoms with E-state index in [2.05, 4.69) is 15.5 Å². The molecule has 0 fully saturated rings. The minimum Gasteiger partial charge on any atom is -0.325 e. The SMILES string of the molecule is CCc1nnc(SCC(=O)Nc2cccc3c2C(=O)c2ccccc2C3=O)n1-c1ccccc1. The molecule has 0 atom stereocenters. The third-order valence-electron chi connectivity index (χ3n) is 5.59. The Bertz CT molecular complexity index is 1430. The number of nitrogens with zero attached hydrogens (tertiary/aromatic N) is 3. The molecule has 7 nitrogen and oxygen atoms in total. The van der Waals surface area contributed by atoms with Gasteiger partial charge in [-0.2, -0.15) is 0 Å². The van der Waals surface area contributed by atoms with Crippen molar-refractivity contribution >= 4 is 34.9 Å². The zero-order chi connectivity index (χ0) is 23.7. The fourth-order valence-corrected chi connectivity index (χ4v) is 4.80. The lowest BCUT2D eigenvalue weighted by Gasteiger charge is -2.20. The standard InChI is InChI=1S/C26H20N4O3S/c1-2-21-28-29-26(30(21)16-9-4-3-5-10-16)34-15-22(31)27-20-14-8-13-19-23(20)25(33)18-12-7-6-11-17(18)24(19)32/h3-14H,2,15H2,1H3,(H,27,31). The van der Waals surface area contributed by atoms with Gasteiger partial charge < -0.3 is 5.32 Å². The predicted octanol–water partition coefficient (Wildman–Crippen LogP) is 4.34. The number of nitrogens with one attached hydrogen (secondary N) is 1. The Balaban J connectivity index is 1.37. The molecule has 3 aromatic carbocycles. The number of carbonyl (C=O) groups excluding carboxylic acids is 3. The number of amides is 1. The first-order valence-corrected chi connectivity index (χ1v) is 11.8. The van der Waals surface area contributed by atoms with Crippen molar-refractivity contribution < 1.29 is 14.4 Å². The van der Waals surface area contributed by atoms with E-state index in [9.17, 15) is 14.4 Å². The third kappa shape index (κ3) is 3.82. The lowest BCUT2D eigenvalue weighted by atomic mass is 9.83. The highest BCUT2D eigenvalue weighted by Crippen LogP contribution is 2.32. The van der Waals surface area contributed by atoms with Crippen LogP contribution in [0.1, 0.15) is 44.6 Å². The summed E-state index contributed by atoms with van der Waals surface area (Å²) in [5.74, 6) is 0.0629. The zero-order valence-electron chi connectivity index (χ0n) is 18.3. The molecule has 0 saturated carbocycles. The second-order valence-corrected chi connectivity index (χ2v) is 8.63. The van der Waals surface area contributed by atoms with Crippen LogP contribution in [0, 0.1) is 0 Å². The highest BCUT2D eigenvalue weighted by molar-refractivity contribution is 7.99. The molecule has 0 unspecified atom stereocenters. The quantitative estimate of drug-likeness (QED) is 0.373. The van der Waals surface area contributed by atoms with Crippen LogP contribution in [-0.2, 0) is 11.2 Å². The van der Waals surface area contributed by atoms with Gasteiger partial charge in [0, 0.05) is 28.8 Å². The van der Waals surface area contributed by atoms with E-state index in [1.807, 2.05) is 41.8 Å². The van der Waals surface area contributed by atoms with Crippen molar-refractivity contribution in [2.75, 3.05) is 11.1 Å². The lowest BCUT2D eigenvalue weighted by molar-refractivity contribution is -0.113. The van der Waals surface area contributed by atoms with Crippen molar-refractivity contribution in [2.45, 2.75) is 18.5 Å². The molecule has 0 bridgehead atoms. The molecular weight excluding hydrogens is 448 g/mol. The van der Waals surface area contributed by atoms with Crippen LogP contribution in [0.15, 0.2) is 78.0 Å². The van der Waals surface area contributed by atoms with Crippen molar-refractivity contribution in [1.29, 1.82) is 0 Å². The van der Waals surface area contributed by atoms with E-state index >= 15 is 0 Å². The van der Waals surface area contributed by atoms with Crippen molar-refractivity contribution in [3.8, 4) is 5.69 Å². The summed E-state index contributed by atoms with van der Waals surface area (Å²) < 4.78 is 1.93. The highest BCUT2D eigenvalue weighted by Gasteiger charge is 2.31. The molecule has 168 valence electrons. The Hall–Kier alpha value is -4.04. The van der Waals surface area contributed by atoms with Gasteiger partial charge in [0.1, 0.15) is 5.82 Å². The van der Waals surface area contributed by atoms with Crippen molar-refractivity contribution in [3.63, 3.8) is 0 Å². The molecular formula is C26H20N4O3S. The van der Waals surface area contributed by atoms with Crippen molar-refractivity contribution in [2.24, 2.45) is 0 Å². The minimum absolute atomic E-state index is 0.0665. The van der Waals surface area contributed by atoms with E-state index < -0.39 is 0 Å². The fraction of sp³-hybridized carbons (Fsp3) is 0.115. The Morgan fingerprint density at radius 3 is 2.26 bits per heavy atom. The number of ketones is 2. The third-order valence-corrected chi connectivity index (χ3v) is 6.52. The number of aromatic nitrogens is 3. The summed E-state index contributed by atoms with van der Waals surface area (Å²) in [4.78, 5) is 38.9. The van der Waals surface area contributed by atoms with Gasteiger partial charge in [0.05, 0.1) is 17.0 Å². The number of anilines is 1. The summed E-state index contributed by atoms with van der Waals surface area (Å²) in [7, 11) is 0. The van der Waals surface area contributed by atoms with Gasteiger partial charge in [-0.3, -0.25) is 19.0 Å². The van der Waals surface area contributed by atoms with Crippen LogP contribution in [0.4, 0.5) is 5.69 Å². The molecule has 1 aromatic heterocycles. The first kappa shape index (κ1) is 21.8. The average Bonchev–Trinajstić information content (AvgIpc) is 3.29. The maximum atomic E-state index is 13.1. The van der Waals surface area contributed by atoms with Crippen molar-refractivity contribution in [1.82, 2.24) is 14.8 Å². The highest BCUT2D eigenvalue weighted by atomic mass is 32.2. The van der Waals surface area contributed by atoms with E-state index in [4.69, 9.17) is 0 Å². The van der Waals surface area contributed by atoms with E-state index in [1.165, 1.54) is 11.8 Å². The predicted molar refractivity (Wildman–Crippen MR) is 130 cm³/mol. The molecule has 1 heterocycles. The van der Waals surface area contributed by atoms with Crippen LogP contribution < -0.4 is 5.32 Å². The van der Waals surface area contributed by atoms with Crippen LogP contribution in [-0.4, -0.2) is 38.0 Å². The smallest absolute Gasteiger partial charge is 0.234 e. The molecule has 1 aliphatic rings. The summed E-state index contributed by atoms with van der Waals surface area (Å²) in [6, 6.07) is 21.4. The molecule has 1 N–H and O–H groups in total. The number of carbonyl (C=O) groups is 3. The van der Waals surface area contributed by atoms with Gasteiger partial charge in [-0.05, 0) is 18.2 Å². The van der Waals surface area contributed by atoms with Crippen LogP contribution in [0.5, 0.6) is 0 Å². The maximum Gasteiger partial charge on any atom is 0.234 e. The summed E-state index contributed by atoms with van der Waals surface area (Å²) in [6.07, 6.45) is 0.697. The van der Waals surface area contributed by atoms with Gasteiger partial charge in [-0.1, -0.05) is 73.3 Å². The average molecular weight is 469 g/mol. The number of thioether (sulfide) groups is 1. The Labute approximate surface area is 200 Å². The summed E-state index contributed by atoms with van der Waals surface area (Å²) in [5, 5.41) is 11.9. The van der Waals surface area contributed by atoms with Crippen LogP contribution in [0.3, 0.4) is 0 Å². The Morgan fingerprint density at radius 1 is 0.853 bits per heavy atom. The maximum absolute atomic E-state index is 13.1. The second kappa shape index (κ2) is 9.07. The largest absolute Gasteiger partial charge is 0.325 e. The molecule has 0 spiro atoms. The molecule has 0 radical (unpaired) electrons. The van der Waals surface area contributed by atoms with Gasteiger partial charge in [0.15, 0.2) is 16.7 Å². The van der Waals surface area contributed by atoms with E-state index in [0.717, 1.165) is 11.5 Å². The van der Waals surface area contributed by atoms with Crippen molar-refractivity contribution in [3.05, 3.63) is 101 Å². The summed E-state index contributed by atoms with van der Waals surface area (Å²) in [5.41, 5.74) is 2.50. The number of fused-ring (bicyclic) bond motifs is 2. The normalized spacial score (nSPS) is 12.3. The number of hydrogen-bond donors (Lipinski definition) is 1. The molecule has 4 aromatic rings. The number of rotatable bonds is 6. The number of hydrogen-bond acceptors (Lipinski definition) is 6. The van der Waals surface area contributed by atoms with Gasteiger partial charge in [-0.15, -0.1) is 10.2 Å². The van der Waals surface area contributed by atoms with Gasteiger partial charge in [-0.25, -0.2) is 0 Å². The Kier molecular flexibility index (Phi) is 5.81. The molecule has 1 aliphatic carbocycles. The monoisotopic (exact) mass is 468 g/mol. The summed E-state index contributed by atoms with van der Waals surface area (Å²) in [6.45, 7) is 2.00. The first-order valence-electron chi connectivity index (χ1n) is 10.8. The first-order chi connectivity index (χ1) is 16.6. The van der Waals surface area contributed by atoms with E-state index in [1.54, 1.807) is 42.5 Å². The fourth-order valence-electron chi connectivity index (χ4n) is 4.02. The van der Waals surface area contributed by atoms with Crippen LogP contribution in [0.25, 0.3) is 5.69 Å². The van der Waals surface area contributed by atoms with Gasteiger partial charge in [0.25, 0.3) is 0 Å². The Morgan fingerprint density at radius 2 is 1.53 bits per heavy atom. The summed E-state index contributed by atoms with van der Waals surface area (Å²) >= 11 is 1.26. The van der Waals surface area contributed by atoms with Crippen LogP contribution >= 0.6 is 11.8 Å². The molecule has 8 heteroatoms. The molecule has 0 saturated heterocycles. The molecule has 34 heavy (non-hydrogen) atoms. The number of aryl methyl sites for hydroxylation is 1. The van der Waals surface area contributed by atoms with Crippen LogP contribution in [0.2, 0.25) is 0 Å². The van der Waals surface area contributed by atoms with Gasteiger partial charge in [0.2, 0.25) is 5.91 Å². The number of benzene rings is 3. The molecule has 1 amide bonds.